The van der Waals surface area contributed by atoms with E-state index in [4.69, 9.17) is 5.73 Å². The first-order valence-electron chi connectivity index (χ1n) is 7.19. The standard InChI is InChI=1S/C15H28N2S/c1-5-9-17(10-6-2)14(13(16)7-3)15-12(4)8-11-18-15/h8,11,13-14H,5-7,9-10,16H2,1-4H3. The highest BCUT2D eigenvalue weighted by atomic mass is 32.1. The SMILES string of the molecule is CCCN(CCC)C(c1sccc1C)C(N)CC. The van der Waals surface area contributed by atoms with Crippen LogP contribution in [0.4, 0.5) is 0 Å². The van der Waals surface area contributed by atoms with Crippen LogP contribution in [-0.2, 0) is 0 Å². The molecule has 3 heteroatoms. The molecule has 1 aromatic rings. The molecule has 0 fully saturated rings. The van der Waals surface area contributed by atoms with Crippen molar-refractivity contribution in [1.29, 1.82) is 0 Å². The molecule has 0 bridgehead atoms. The average molecular weight is 268 g/mol. The molecule has 0 saturated heterocycles. The molecule has 0 aromatic carbocycles. The molecule has 0 spiro atoms. The molecule has 0 amide bonds. The maximum absolute atomic E-state index is 6.40. The Hall–Kier alpha value is -0.380. The summed E-state index contributed by atoms with van der Waals surface area (Å²) >= 11 is 1.86. The second-order valence-electron chi connectivity index (χ2n) is 5.02. The van der Waals surface area contributed by atoms with E-state index in [2.05, 4.69) is 44.0 Å². The van der Waals surface area contributed by atoms with Gasteiger partial charge in [-0.15, -0.1) is 11.3 Å². The number of aryl methyl sites for hydroxylation is 1. The highest BCUT2D eigenvalue weighted by Crippen LogP contribution is 2.32. The van der Waals surface area contributed by atoms with Crippen LogP contribution in [-0.4, -0.2) is 24.0 Å². The summed E-state index contributed by atoms with van der Waals surface area (Å²) in [6.45, 7) is 11.2. The number of rotatable bonds is 8. The van der Waals surface area contributed by atoms with Gasteiger partial charge in [-0.2, -0.15) is 0 Å². The Labute approximate surface area is 116 Å². The molecule has 0 aliphatic carbocycles. The number of hydrogen-bond donors (Lipinski definition) is 1. The van der Waals surface area contributed by atoms with Gasteiger partial charge in [0.25, 0.3) is 0 Å². The van der Waals surface area contributed by atoms with E-state index in [1.807, 2.05) is 11.3 Å². The van der Waals surface area contributed by atoms with Crippen molar-refractivity contribution < 1.29 is 0 Å². The second kappa shape index (κ2) is 7.93. The van der Waals surface area contributed by atoms with E-state index in [0.29, 0.717) is 6.04 Å². The number of hydrogen-bond acceptors (Lipinski definition) is 3. The van der Waals surface area contributed by atoms with E-state index in [1.54, 1.807) is 0 Å². The molecule has 1 rings (SSSR count). The van der Waals surface area contributed by atoms with Gasteiger partial charge < -0.3 is 5.73 Å². The van der Waals surface area contributed by atoms with Crippen LogP contribution in [0.5, 0.6) is 0 Å². The van der Waals surface area contributed by atoms with Crippen molar-refractivity contribution in [2.75, 3.05) is 13.1 Å². The maximum atomic E-state index is 6.40. The molecule has 2 unspecified atom stereocenters. The monoisotopic (exact) mass is 268 g/mol. The van der Waals surface area contributed by atoms with Gasteiger partial charge in [0.1, 0.15) is 0 Å². The van der Waals surface area contributed by atoms with Crippen molar-refractivity contribution in [2.24, 2.45) is 5.73 Å². The summed E-state index contributed by atoms with van der Waals surface area (Å²) in [5.74, 6) is 0. The largest absolute Gasteiger partial charge is 0.326 e. The smallest absolute Gasteiger partial charge is 0.0596 e. The fourth-order valence-corrected chi connectivity index (χ4v) is 3.64. The van der Waals surface area contributed by atoms with Crippen LogP contribution >= 0.6 is 11.3 Å². The summed E-state index contributed by atoms with van der Waals surface area (Å²) in [7, 11) is 0. The van der Waals surface area contributed by atoms with Gasteiger partial charge in [-0.25, -0.2) is 0 Å². The Bertz CT molecular complexity index is 329. The maximum Gasteiger partial charge on any atom is 0.0596 e. The molecule has 1 aromatic heterocycles. The first kappa shape index (κ1) is 15.7. The number of nitrogens with zero attached hydrogens (tertiary/aromatic N) is 1. The van der Waals surface area contributed by atoms with Crippen LogP contribution < -0.4 is 5.73 Å². The summed E-state index contributed by atoms with van der Waals surface area (Å²) in [5, 5.41) is 2.19. The molecular formula is C15H28N2S. The van der Waals surface area contributed by atoms with Gasteiger partial charge in [-0.05, 0) is 56.3 Å². The summed E-state index contributed by atoms with van der Waals surface area (Å²) < 4.78 is 0. The minimum absolute atomic E-state index is 0.237. The highest BCUT2D eigenvalue weighted by molar-refractivity contribution is 7.10. The highest BCUT2D eigenvalue weighted by Gasteiger charge is 2.26. The Morgan fingerprint density at radius 1 is 1.22 bits per heavy atom. The van der Waals surface area contributed by atoms with E-state index in [9.17, 15) is 0 Å². The predicted molar refractivity (Wildman–Crippen MR) is 82.2 cm³/mol. The molecule has 0 aliphatic heterocycles. The van der Waals surface area contributed by atoms with Gasteiger partial charge in [0.2, 0.25) is 0 Å². The third-order valence-electron chi connectivity index (χ3n) is 3.46. The Morgan fingerprint density at radius 2 is 1.83 bits per heavy atom. The second-order valence-corrected chi connectivity index (χ2v) is 5.97. The van der Waals surface area contributed by atoms with Crippen molar-refractivity contribution in [3.05, 3.63) is 21.9 Å². The van der Waals surface area contributed by atoms with Crippen LogP contribution in [0.2, 0.25) is 0 Å². The zero-order valence-electron chi connectivity index (χ0n) is 12.3. The quantitative estimate of drug-likeness (QED) is 0.773. The normalized spacial score (nSPS) is 15.0. The summed E-state index contributed by atoms with van der Waals surface area (Å²) in [4.78, 5) is 4.04. The van der Waals surface area contributed by atoms with Gasteiger partial charge in [0, 0.05) is 10.9 Å². The molecule has 1 heterocycles. The first-order valence-corrected chi connectivity index (χ1v) is 8.07. The van der Waals surface area contributed by atoms with Gasteiger partial charge in [-0.1, -0.05) is 20.8 Å². The minimum atomic E-state index is 0.237. The van der Waals surface area contributed by atoms with Crippen molar-refractivity contribution >= 4 is 11.3 Å². The van der Waals surface area contributed by atoms with Crippen LogP contribution in [0.3, 0.4) is 0 Å². The van der Waals surface area contributed by atoms with Crippen molar-refractivity contribution in [2.45, 2.75) is 59.0 Å². The summed E-state index contributed by atoms with van der Waals surface area (Å²) in [5.41, 5.74) is 7.80. The topological polar surface area (TPSA) is 29.3 Å². The lowest BCUT2D eigenvalue weighted by Crippen LogP contribution is -2.41. The van der Waals surface area contributed by atoms with Crippen LogP contribution in [0, 0.1) is 6.92 Å². The van der Waals surface area contributed by atoms with Gasteiger partial charge in [0.15, 0.2) is 0 Å². The van der Waals surface area contributed by atoms with Crippen molar-refractivity contribution in [1.82, 2.24) is 4.90 Å². The summed E-state index contributed by atoms with van der Waals surface area (Å²) in [6, 6.07) is 2.85. The minimum Gasteiger partial charge on any atom is -0.326 e. The molecular weight excluding hydrogens is 240 g/mol. The van der Waals surface area contributed by atoms with Gasteiger partial charge in [0.05, 0.1) is 6.04 Å². The molecule has 0 aliphatic rings. The molecule has 0 radical (unpaired) electrons. The van der Waals surface area contributed by atoms with Crippen molar-refractivity contribution in [3.8, 4) is 0 Å². The van der Waals surface area contributed by atoms with E-state index in [0.717, 1.165) is 19.5 Å². The Kier molecular flexibility index (Phi) is 6.90. The third-order valence-corrected chi connectivity index (χ3v) is 4.55. The summed E-state index contributed by atoms with van der Waals surface area (Å²) in [6.07, 6.45) is 3.42. The molecule has 0 saturated carbocycles. The zero-order valence-corrected chi connectivity index (χ0v) is 13.1. The van der Waals surface area contributed by atoms with E-state index in [1.165, 1.54) is 23.3 Å². The third kappa shape index (κ3) is 3.81. The molecule has 18 heavy (non-hydrogen) atoms. The first-order chi connectivity index (χ1) is 8.65. The predicted octanol–water partition coefficient (Wildman–Crippen LogP) is 3.96. The van der Waals surface area contributed by atoms with Gasteiger partial charge in [-0.3, -0.25) is 4.90 Å². The average Bonchev–Trinajstić information content (AvgIpc) is 2.76. The van der Waals surface area contributed by atoms with Crippen LogP contribution in [0.15, 0.2) is 11.4 Å². The zero-order chi connectivity index (χ0) is 13.5. The lowest BCUT2D eigenvalue weighted by atomic mass is 10.00. The van der Waals surface area contributed by atoms with Crippen LogP contribution in [0.25, 0.3) is 0 Å². The number of thiophene rings is 1. The molecule has 2 atom stereocenters. The Balaban J connectivity index is 2.99. The lowest BCUT2D eigenvalue weighted by Gasteiger charge is -2.35. The number of nitrogens with two attached hydrogens (primary N) is 1. The fourth-order valence-electron chi connectivity index (χ4n) is 2.51. The van der Waals surface area contributed by atoms with E-state index < -0.39 is 0 Å². The lowest BCUT2D eigenvalue weighted by molar-refractivity contribution is 0.171. The van der Waals surface area contributed by atoms with E-state index in [-0.39, 0.29) is 6.04 Å². The van der Waals surface area contributed by atoms with E-state index >= 15 is 0 Å². The molecule has 2 N–H and O–H groups in total. The van der Waals surface area contributed by atoms with Crippen LogP contribution in [0.1, 0.15) is 56.5 Å². The Morgan fingerprint density at radius 3 is 2.22 bits per heavy atom. The molecule has 104 valence electrons. The van der Waals surface area contributed by atoms with Gasteiger partial charge >= 0.3 is 0 Å². The fraction of sp³-hybridized carbons (Fsp3) is 0.733. The van der Waals surface area contributed by atoms with Crippen molar-refractivity contribution in [3.63, 3.8) is 0 Å². The molecule has 2 nitrogen and oxygen atoms in total.